The summed E-state index contributed by atoms with van der Waals surface area (Å²) in [7, 11) is -8.10. The molecule has 240 valence electrons. The zero-order valence-electron chi connectivity index (χ0n) is 25.2. The van der Waals surface area contributed by atoms with Crippen LogP contribution in [0.2, 0.25) is 0 Å². The summed E-state index contributed by atoms with van der Waals surface area (Å²) >= 11 is 0. The highest BCUT2D eigenvalue weighted by Crippen LogP contribution is 2.25. The number of ether oxygens (including phenoxy) is 1. The molecule has 0 radical (unpaired) electrons. The molecule has 1 aliphatic rings. The van der Waals surface area contributed by atoms with E-state index in [1.807, 2.05) is 18.2 Å². The van der Waals surface area contributed by atoms with Crippen molar-refractivity contribution in [2.45, 2.75) is 22.4 Å². The van der Waals surface area contributed by atoms with Gasteiger partial charge in [0, 0.05) is 19.6 Å². The lowest BCUT2D eigenvalue weighted by molar-refractivity contribution is -0.125. The highest BCUT2D eigenvalue weighted by Gasteiger charge is 2.43. The smallest absolute Gasteiger partial charge is 0.259 e. The van der Waals surface area contributed by atoms with Gasteiger partial charge in [-0.05, 0) is 76.5 Å². The third-order valence-electron chi connectivity index (χ3n) is 7.82. The predicted octanol–water partition coefficient (Wildman–Crippen LogP) is 4.63. The molecular formula is C35H32N4O6S2. The molecular weight excluding hydrogens is 637 g/mol. The van der Waals surface area contributed by atoms with Crippen LogP contribution in [0.25, 0.3) is 10.8 Å². The van der Waals surface area contributed by atoms with Crippen molar-refractivity contribution in [1.82, 2.24) is 14.0 Å². The van der Waals surface area contributed by atoms with E-state index in [0.717, 1.165) is 24.9 Å². The second-order valence-electron chi connectivity index (χ2n) is 10.9. The van der Waals surface area contributed by atoms with Crippen LogP contribution >= 0.6 is 0 Å². The molecule has 1 fully saturated rings. The Balaban J connectivity index is 1.14. The fourth-order valence-electron chi connectivity index (χ4n) is 5.32. The van der Waals surface area contributed by atoms with Crippen molar-refractivity contribution >= 4 is 42.9 Å². The molecule has 0 saturated carbocycles. The molecule has 0 aromatic heterocycles. The van der Waals surface area contributed by atoms with Gasteiger partial charge in [-0.25, -0.2) is 22.3 Å². The number of hydrogen-bond acceptors (Lipinski definition) is 7. The van der Waals surface area contributed by atoms with Gasteiger partial charge < -0.3 is 4.74 Å². The largest absolute Gasteiger partial charge is 0.489 e. The van der Waals surface area contributed by atoms with Crippen molar-refractivity contribution < 1.29 is 26.4 Å². The highest BCUT2D eigenvalue weighted by atomic mass is 32.2. The minimum Gasteiger partial charge on any atom is -0.489 e. The number of fused-ring (bicyclic) bond motifs is 1. The molecule has 5 aromatic rings. The molecule has 1 amide bonds. The maximum atomic E-state index is 13.6. The lowest BCUT2D eigenvalue weighted by Gasteiger charge is -2.38. The van der Waals surface area contributed by atoms with Crippen LogP contribution in [0.4, 0.5) is 0 Å². The summed E-state index contributed by atoms with van der Waals surface area (Å²) in [6, 6.07) is 35.6. The molecule has 1 N–H and O–H groups in total. The number of hydrogen-bond donors (Lipinski definition) is 1. The molecule has 1 heterocycles. The van der Waals surface area contributed by atoms with E-state index >= 15 is 0 Å². The standard InChI is InChI=1S/C35H32N4O6S2/c40-35(37-36-24-27-16-19-31(20-17-27)45-26-28-15-18-29-9-7-8-10-30(29)23-28)34-25-38(46(41,42)32-11-3-1-4-12-32)21-22-39(34)47(43,44)33-13-5-2-6-14-33/h1-20,23-24,34H,21-22,25-26H2,(H,37,40)/b36-24-/t34-/m0/s1. The quantitative estimate of drug-likeness (QED) is 0.171. The predicted molar refractivity (Wildman–Crippen MR) is 180 cm³/mol. The van der Waals surface area contributed by atoms with Crippen molar-refractivity contribution in [2.24, 2.45) is 5.10 Å². The Morgan fingerprint density at radius 2 is 1.36 bits per heavy atom. The number of nitrogens with one attached hydrogen (secondary N) is 1. The zero-order valence-corrected chi connectivity index (χ0v) is 26.8. The number of sulfonamides is 2. The lowest BCUT2D eigenvalue weighted by Crippen LogP contribution is -2.60. The van der Waals surface area contributed by atoms with Gasteiger partial charge in [0.2, 0.25) is 20.0 Å². The van der Waals surface area contributed by atoms with Gasteiger partial charge in [-0.1, -0.05) is 72.8 Å². The molecule has 0 spiro atoms. The fraction of sp³-hybridized carbons (Fsp3) is 0.143. The molecule has 10 nitrogen and oxygen atoms in total. The Morgan fingerprint density at radius 3 is 2.04 bits per heavy atom. The maximum Gasteiger partial charge on any atom is 0.259 e. The van der Waals surface area contributed by atoms with E-state index in [0.29, 0.717) is 17.9 Å². The third kappa shape index (κ3) is 7.26. The van der Waals surface area contributed by atoms with Crippen molar-refractivity contribution in [3.05, 3.63) is 139 Å². The van der Waals surface area contributed by atoms with Crippen molar-refractivity contribution in [1.29, 1.82) is 0 Å². The summed E-state index contributed by atoms with van der Waals surface area (Å²) in [6.07, 6.45) is 1.42. The van der Waals surface area contributed by atoms with Crippen LogP contribution in [0.15, 0.2) is 142 Å². The highest BCUT2D eigenvalue weighted by molar-refractivity contribution is 7.89. The zero-order chi connectivity index (χ0) is 32.9. The Bertz CT molecular complexity index is 2110. The van der Waals surface area contributed by atoms with Crippen molar-refractivity contribution in [3.63, 3.8) is 0 Å². The van der Waals surface area contributed by atoms with E-state index in [-0.39, 0.29) is 29.4 Å². The molecule has 1 atom stereocenters. The van der Waals surface area contributed by atoms with Crippen LogP contribution in [-0.4, -0.2) is 63.2 Å². The van der Waals surface area contributed by atoms with Crippen LogP contribution in [0.5, 0.6) is 5.75 Å². The van der Waals surface area contributed by atoms with Crippen LogP contribution < -0.4 is 10.2 Å². The number of rotatable bonds is 10. The molecule has 1 aliphatic heterocycles. The van der Waals surface area contributed by atoms with Crippen molar-refractivity contribution in [2.75, 3.05) is 19.6 Å². The van der Waals surface area contributed by atoms with Gasteiger partial charge in [0.15, 0.2) is 0 Å². The van der Waals surface area contributed by atoms with E-state index in [9.17, 15) is 21.6 Å². The van der Waals surface area contributed by atoms with Crippen LogP contribution in [-0.2, 0) is 31.4 Å². The first kappa shape index (κ1) is 32.1. The molecule has 0 aliphatic carbocycles. The van der Waals surface area contributed by atoms with Gasteiger partial charge >= 0.3 is 0 Å². The number of amides is 1. The summed E-state index contributed by atoms with van der Waals surface area (Å²) in [5.74, 6) is -0.105. The number of nitrogens with zero attached hydrogens (tertiary/aromatic N) is 3. The van der Waals surface area contributed by atoms with Gasteiger partial charge in [0.25, 0.3) is 5.91 Å². The monoisotopic (exact) mass is 668 g/mol. The topological polar surface area (TPSA) is 125 Å². The van der Waals surface area contributed by atoms with E-state index < -0.39 is 32.0 Å². The molecule has 5 aromatic carbocycles. The Kier molecular flexibility index (Phi) is 9.45. The van der Waals surface area contributed by atoms with Crippen LogP contribution in [0, 0.1) is 0 Å². The number of benzene rings is 5. The average Bonchev–Trinajstić information content (AvgIpc) is 3.11. The van der Waals surface area contributed by atoms with E-state index in [4.69, 9.17) is 4.74 Å². The first-order valence-electron chi connectivity index (χ1n) is 14.9. The minimum atomic E-state index is -4.12. The van der Waals surface area contributed by atoms with Gasteiger partial charge in [0.05, 0.1) is 16.0 Å². The normalized spacial score (nSPS) is 16.3. The van der Waals surface area contributed by atoms with Gasteiger partial charge in [-0.15, -0.1) is 0 Å². The van der Waals surface area contributed by atoms with Gasteiger partial charge in [0.1, 0.15) is 18.4 Å². The average molecular weight is 669 g/mol. The number of piperazine rings is 1. The van der Waals surface area contributed by atoms with Crippen LogP contribution in [0.3, 0.4) is 0 Å². The number of carbonyl (C=O) groups is 1. The summed E-state index contributed by atoms with van der Waals surface area (Å²) < 4.78 is 62.0. The lowest BCUT2D eigenvalue weighted by atomic mass is 10.1. The van der Waals surface area contributed by atoms with E-state index in [1.54, 1.807) is 60.7 Å². The molecule has 1 saturated heterocycles. The summed E-state index contributed by atoms with van der Waals surface area (Å²) in [6.45, 7) is -0.319. The summed E-state index contributed by atoms with van der Waals surface area (Å²) in [5, 5.41) is 6.35. The minimum absolute atomic E-state index is 0.00333. The number of hydrazone groups is 1. The van der Waals surface area contributed by atoms with Crippen molar-refractivity contribution in [3.8, 4) is 5.75 Å². The first-order valence-corrected chi connectivity index (χ1v) is 17.8. The van der Waals surface area contributed by atoms with Crippen LogP contribution in [0.1, 0.15) is 11.1 Å². The summed E-state index contributed by atoms with van der Waals surface area (Å²) in [5.41, 5.74) is 4.11. The van der Waals surface area contributed by atoms with E-state index in [2.05, 4.69) is 34.8 Å². The molecule has 0 bridgehead atoms. The molecule has 0 unspecified atom stereocenters. The van der Waals surface area contributed by atoms with Gasteiger partial charge in [-0.3, -0.25) is 4.79 Å². The Morgan fingerprint density at radius 1 is 0.745 bits per heavy atom. The fourth-order valence-corrected chi connectivity index (χ4v) is 8.37. The molecule has 12 heteroatoms. The number of carbonyl (C=O) groups excluding carboxylic acids is 1. The second-order valence-corrected chi connectivity index (χ2v) is 14.7. The molecule has 47 heavy (non-hydrogen) atoms. The third-order valence-corrected chi connectivity index (χ3v) is 11.6. The van der Waals surface area contributed by atoms with E-state index in [1.165, 1.54) is 30.5 Å². The summed E-state index contributed by atoms with van der Waals surface area (Å²) in [4.78, 5) is 13.5. The molecule has 6 rings (SSSR count). The Labute approximate surface area is 274 Å². The van der Waals surface area contributed by atoms with Gasteiger partial charge in [-0.2, -0.15) is 13.7 Å². The first-order chi connectivity index (χ1) is 22.7. The Hall–Kier alpha value is -4.88. The maximum absolute atomic E-state index is 13.6. The second kappa shape index (κ2) is 13.9. The SMILES string of the molecule is O=C(N/N=C\c1ccc(OCc2ccc3ccccc3c2)cc1)[C@@H]1CN(S(=O)(=O)c2ccccc2)CCN1S(=O)(=O)c1ccccc1.